The number of H-pyrrole nitrogens is 2. The molecule has 0 unspecified atom stereocenters. The third kappa shape index (κ3) is 4.05. The molecule has 2 saturated carbocycles. The first-order valence-electron chi connectivity index (χ1n) is 8.72. The number of hydrogen-bond donors (Lipinski definition) is 6. The Kier molecular flexibility index (Phi) is 4.22. The number of aromatic hydroxyl groups is 1. The van der Waals surface area contributed by atoms with Gasteiger partial charge in [-0.1, -0.05) is 0 Å². The zero-order valence-electron chi connectivity index (χ0n) is 14.4. The minimum Gasteiger partial charge on any atom is -0.493 e. The lowest BCUT2D eigenvalue weighted by Gasteiger charge is -2.10. The van der Waals surface area contributed by atoms with Gasteiger partial charge >= 0.3 is 5.69 Å². The SMILES string of the molecule is N=CC(=Cc1[nH]c(=O)[nH]c1O)c1nc(NC(=O)C2CC2)cc(NC2CC2)n1. The van der Waals surface area contributed by atoms with Crippen molar-refractivity contribution >= 4 is 35.4 Å². The van der Waals surface area contributed by atoms with Crippen LogP contribution in [-0.2, 0) is 4.79 Å². The van der Waals surface area contributed by atoms with Crippen molar-refractivity contribution in [1.82, 2.24) is 19.9 Å². The van der Waals surface area contributed by atoms with Gasteiger partial charge in [-0.05, 0) is 31.8 Å². The molecule has 1 amide bonds. The van der Waals surface area contributed by atoms with Crippen LogP contribution in [-0.4, -0.2) is 43.2 Å². The molecule has 2 fully saturated rings. The van der Waals surface area contributed by atoms with Crippen molar-refractivity contribution in [2.45, 2.75) is 31.7 Å². The molecule has 2 heterocycles. The minimum atomic E-state index is -0.564. The molecule has 2 aromatic rings. The number of anilines is 2. The lowest BCUT2D eigenvalue weighted by Crippen LogP contribution is -2.16. The molecular formula is C17H19N7O3. The average molecular weight is 369 g/mol. The summed E-state index contributed by atoms with van der Waals surface area (Å²) in [5.41, 5.74) is -0.182. The van der Waals surface area contributed by atoms with Crippen LogP contribution in [0.3, 0.4) is 0 Å². The Balaban J connectivity index is 1.69. The van der Waals surface area contributed by atoms with Crippen molar-refractivity contribution in [2.24, 2.45) is 5.92 Å². The topological polar surface area (TPSA) is 160 Å². The Morgan fingerprint density at radius 2 is 1.96 bits per heavy atom. The van der Waals surface area contributed by atoms with E-state index < -0.39 is 5.69 Å². The molecule has 0 spiro atoms. The molecule has 0 bridgehead atoms. The molecule has 0 aromatic carbocycles. The number of aromatic nitrogens is 4. The van der Waals surface area contributed by atoms with E-state index in [4.69, 9.17) is 5.41 Å². The van der Waals surface area contributed by atoms with Crippen LogP contribution in [0.4, 0.5) is 11.6 Å². The highest BCUT2D eigenvalue weighted by molar-refractivity contribution is 6.13. The van der Waals surface area contributed by atoms with Gasteiger partial charge in [0.1, 0.15) is 17.3 Å². The van der Waals surface area contributed by atoms with E-state index in [1.54, 1.807) is 6.07 Å². The Hall–Kier alpha value is -3.43. The highest BCUT2D eigenvalue weighted by Crippen LogP contribution is 2.31. The van der Waals surface area contributed by atoms with Gasteiger partial charge < -0.3 is 26.1 Å². The molecule has 0 radical (unpaired) electrons. The fourth-order valence-electron chi connectivity index (χ4n) is 2.54. The van der Waals surface area contributed by atoms with E-state index in [2.05, 4.69) is 30.6 Å². The monoisotopic (exact) mass is 369 g/mol. The number of amides is 1. The fourth-order valence-corrected chi connectivity index (χ4v) is 2.54. The second-order valence-corrected chi connectivity index (χ2v) is 6.73. The maximum Gasteiger partial charge on any atom is 0.326 e. The zero-order valence-corrected chi connectivity index (χ0v) is 14.4. The van der Waals surface area contributed by atoms with Gasteiger partial charge in [0, 0.05) is 29.8 Å². The maximum atomic E-state index is 12.1. The number of nitrogens with zero attached hydrogens (tertiary/aromatic N) is 2. The van der Waals surface area contributed by atoms with E-state index in [1.807, 2.05) is 0 Å². The Morgan fingerprint density at radius 3 is 2.56 bits per heavy atom. The lowest BCUT2D eigenvalue weighted by molar-refractivity contribution is -0.117. The van der Waals surface area contributed by atoms with Gasteiger partial charge in [-0.2, -0.15) is 0 Å². The van der Waals surface area contributed by atoms with Gasteiger partial charge in [0.2, 0.25) is 11.8 Å². The van der Waals surface area contributed by atoms with Crippen LogP contribution in [0, 0.1) is 11.3 Å². The van der Waals surface area contributed by atoms with Crippen LogP contribution in [0.15, 0.2) is 10.9 Å². The molecule has 0 aliphatic heterocycles. The first-order valence-corrected chi connectivity index (χ1v) is 8.72. The van der Waals surface area contributed by atoms with Crippen LogP contribution >= 0.6 is 0 Å². The standard InChI is InChI=1S/C17H19N7O3/c18-7-9(5-11-16(26)24-17(27)20-11)14-21-12(19-10-3-4-10)6-13(22-14)23-15(25)8-1-2-8/h5-8,10,18,26H,1-4H2,(H2,20,24,27)(H2,19,21,22,23,25). The predicted molar refractivity (Wildman–Crippen MR) is 99.8 cm³/mol. The summed E-state index contributed by atoms with van der Waals surface area (Å²) in [6, 6.07) is 2.01. The van der Waals surface area contributed by atoms with Crippen LogP contribution in [0.2, 0.25) is 0 Å². The van der Waals surface area contributed by atoms with Gasteiger partial charge in [0.25, 0.3) is 0 Å². The van der Waals surface area contributed by atoms with E-state index in [-0.39, 0.29) is 34.8 Å². The highest BCUT2D eigenvalue weighted by atomic mass is 16.3. The van der Waals surface area contributed by atoms with E-state index in [9.17, 15) is 14.7 Å². The van der Waals surface area contributed by atoms with Gasteiger partial charge in [0.05, 0.1) is 0 Å². The molecule has 10 heteroatoms. The zero-order chi connectivity index (χ0) is 19.0. The number of nitrogens with one attached hydrogen (secondary N) is 5. The number of allylic oxidation sites excluding steroid dienone is 1. The number of carbonyl (C=O) groups is 1. The first-order chi connectivity index (χ1) is 13.0. The molecule has 0 saturated heterocycles. The second kappa shape index (κ2) is 6.71. The number of imidazole rings is 1. The van der Waals surface area contributed by atoms with Crippen molar-refractivity contribution in [3.05, 3.63) is 28.1 Å². The lowest BCUT2D eigenvalue weighted by atomic mass is 10.2. The summed E-state index contributed by atoms with van der Waals surface area (Å²) >= 11 is 0. The quantitative estimate of drug-likeness (QED) is 0.404. The summed E-state index contributed by atoms with van der Waals surface area (Å²) in [6.45, 7) is 0. The molecule has 6 N–H and O–H groups in total. The highest BCUT2D eigenvalue weighted by Gasteiger charge is 2.30. The Morgan fingerprint density at radius 1 is 1.22 bits per heavy atom. The number of hydrogen-bond acceptors (Lipinski definition) is 7. The molecule has 0 atom stereocenters. The Labute approximate surface area is 153 Å². The number of carbonyl (C=O) groups excluding carboxylic acids is 1. The summed E-state index contributed by atoms with van der Waals surface area (Å²) in [5.74, 6) is 0.706. The molecule has 2 aromatic heterocycles. The predicted octanol–water partition coefficient (Wildman–Crippen LogP) is 1.31. The maximum absolute atomic E-state index is 12.1. The molecule has 2 aliphatic rings. The third-order valence-electron chi connectivity index (χ3n) is 4.30. The average Bonchev–Trinajstić information content (AvgIpc) is 3.52. The summed E-state index contributed by atoms with van der Waals surface area (Å²) in [6.07, 6.45) is 6.27. The molecule has 10 nitrogen and oxygen atoms in total. The summed E-state index contributed by atoms with van der Waals surface area (Å²) < 4.78 is 0. The summed E-state index contributed by atoms with van der Waals surface area (Å²) in [5, 5.41) is 23.4. The van der Waals surface area contributed by atoms with Gasteiger partial charge in [-0.3, -0.25) is 9.78 Å². The number of aromatic amines is 2. The first kappa shape index (κ1) is 17.0. The fraction of sp³-hybridized carbons (Fsp3) is 0.353. The van der Waals surface area contributed by atoms with Crippen LogP contribution in [0.1, 0.15) is 37.2 Å². The molecule has 27 heavy (non-hydrogen) atoms. The van der Waals surface area contributed by atoms with Gasteiger partial charge in [-0.15, -0.1) is 0 Å². The second-order valence-electron chi connectivity index (χ2n) is 6.73. The van der Waals surface area contributed by atoms with Crippen molar-refractivity contribution in [1.29, 1.82) is 5.41 Å². The Bertz CT molecular complexity index is 983. The van der Waals surface area contributed by atoms with Crippen LogP contribution in [0.25, 0.3) is 11.6 Å². The normalized spacial score (nSPS) is 16.8. The smallest absolute Gasteiger partial charge is 0.326 e. The van der Waals surface area contributed by atoms with Crippen LogP contribution in [0.5, 0.6) is 5.88 Å². The van der Waals surface area contributed by atoms with E-state index >= 15 is 0 Å². The summed E-state index contributed by atoms with van der Waals surface area (Å²) in [4.78, 5) is 36.7. The van der Waals surface area contributed by atoms with Crippen LogP contribution < -0.4 is 16.3 Å². The van der Waals surface area contributed by atoms with Crippen molar-refractivity contribution < 1.29 is 9.90 Å². The molecular weight excluding hydrogens is 350 g/mol. The van der Waals surface area contributed by atoms with Crippen molar-refractivity contribution in [3.8, 4) is 5.88 Å². The van der Waals surface area contributed by atoms with E-state index in [0.29, 0.717) is 17.7 Å². The van der Waals surface area contributed by atoms with Gasteiger partial charge in [-0.25, -0.2) is 14.8 Å². The van der Waals surface area contributed by atoms with Gasteiger partial charge in [0.15, 0.2) is 5.82 Å². The minimum absolute atomic E-state index is 0.0304. The third-order valence-corrected chi connectivity index (χ3v) is 4.30. The van der Waals surface area contributed by atoms with E-state index in [0.717, 1.165) is 31.9 Å². The molecule has 140 valence electrons. The van der Waals surface area contributed by atoms with Crippen molar-refractivity contribution in [2.75, 3.05) is 10.6 Å². The molecule has 4 rings (SSSR count). The van der Waals surface area contributed by atoms with Crippen molar-refractivity contribution in [3.63, 3.8) is 0 Å². The molecule has 2 aliphatic carbocycles. The number of rotatable bonds is 7. The largest absolute Gasteiger partial charge is 0.493 e. The summed E-state index contributed by atoms with van der Waals surface area (Å²) in [7, 11) is 0. The van der Waals surface area contributed by atoms with E-state index in [1.165, 1.54) is 6.08 Å².